The number of ether oxygens (including phenoxy) is 1. The van der Waals surface area contributed by atoms with Gasteiger partial charge in [-0.25, -0.2) is 0 Å². The summed E-state index contributed by atoms with van der Waals surface area (Å²) in [6.07, 6.45) is 3.48. The Labute approximate surface area is 114 Å². The molecule has 2 aromatic rings. The fraction of sp³-hybridized carbons (Fsp3) is 0.333. The molecule has 0 fully saturated rings. The molecule has 1 atom stereocenters. The summed E-state index contributed by atoms with van der Waals surface area (Å²) in [6, 6.07) is 3.78. The Morgan fingerprint density at radius 1 is 1.50 bits per heavy atom. The van der Waals surface area contributed by atoms with Crippen LogP contribution in [0.15, 0.2) is 29.0 Å². The minimum atomic E-state index is -0.0805. The maximum Gasteiger partial charge on any atom is 0.161 e. The fourth-order valence-corrected chi connectivity index (χ4v) is 2.41. The second kappa shape index (κ2) is 5.49. The van der Waals surface area contributed by atoms with Crippen LogP contribution in [-0.4, -0.2) is 28.9 Å². The Morgan fingerprint density at radius 2 is 2.28 bits per heavy atom. The van der Waals surface area contributed by atoms with E-state index in [1.807, 2.05) is 26.2 Å². The number of hydrogen-bond donors (Lipinski definition) is 1. The first-order valence-corrected chi connectivity index (χ1v) is 6.32. The summed E-state index contributed by atoms with van der Waals surface area (Å²) in [5.74, 6) is 0.745. The number of aryl methyl sites for hydroxylation is 1. The molecule has 1 unspecified atom stereocenters. The van der Waals surface area contributed by atoms with Gasteiger partial charge in [-0.2, -0.15) is 5.10 Å². The molecule has 1 N–H and O–H groups in total. The summed E-state index contributed by atoms with van der Waals surface area (Å²) in [5, 5.41) is 7.46. The van der Waals surface area contributed by atoms with Crippen LogP contribution in [0.5, 0.6) is 5.75 Å². The van der Waals surface area contributed by atoms with E-state index >= 15 is 0 Å². The zero-order valence-electron chi connectivity index (χ0n) is 10.5. The molecule has 6 heteroatoms. The molecule has 2 heterocycles. The van der Waals surface area contributed by atoms with Crippen LogP contribution in [0, 0.1) is 0 Å². The van der Waals surface area contributed by atoms with Gasteiger partial charge in [-0.1, -0.05) is 0 Å². The number of aromatic nitrogens is 3. The zero-order chi connectivity index (χ0) is 13.1. The largest absolute Gasteiger partial charge is 0.493 e. The highest BCUT2D eigenvalue weighted by Crippen LogP contribution is 2.31. The van der Waals surface area contributed by atoms with Gasteiger partial charge in [-0.05, 0) is 35.1 Å². The van der Waals surface area contributed by atoms with Crippen molar-refractivity contribution in [3.63, 3.8) is 0 Å². The van der Waals surface area contributed by atoms with Crippen molar-refractivity contribution in [2.45, 2.75) is 6.04 Å². The zero-order valence-corrected chi connectivity index (χ0v) is 12.1. The van der Waals surface area contributed by atoms with Crippen molar-refractivity contribution in [1.82, 2.24) is 20.1 Å². The number of methoxy groups -OCH3 is 1. The number of hydrogen-bond acceptors (Lipinski definition) is 4. The average molecular weight is 311 g/mol. The van der Waals surface area contributed by atoms with Crippen molar-refractivity contribution >= 4 is 15.9 Å². The second-order valence-corrected chi connectivity index (χ2v) is 4.67. The molecule has 2 aromatic heterocycles. The molecule has 0 saturated carbocycles. The predicted molar refractivity (Wildman–Crippen MR) is 72.6 cm³/mol. The number of nitrogens with one attached hydrogen (secondary N) is 1. The number of pyridine rings is 1. The Balaban J connectivity index is 2.52. The highest BCUT2D eigenvalue weighted by atomic mass is 79.9. The number of halogens is 1. The van der Waals surface area contributed by atoms with Gasteiger partial charge < -0.3 is 10.1 Å². The molecule has 0 aliphatic carbocycles. The van der Waals surface area contributed by atoms with Gasteiger partial charge in [0.1, 0.15) is 5.69 Å². The van der Waals surface area contributed by atoms with Crippen molar-refractivity contribution in [2.75, 3.05) is 14.2 Å². The second-order valence-electron chi connectivity index (χ2n) is 3.81. The van der Waals surface area contributed by atoms with Crippen LogP contribution in [0.1, 0.15) is 17.4 Å². The first-order chi connectivity index (χ1) is 8.69. The van der Waals surface area contributed by atoms with Gasteiger partial charge in [0.2, 0.25) is 0 Å². The topological polar surface area (TPSA) is 52.0 Å². The SMILES string of the molecule is CNC(c1ncccc1Br)c1c(OC)cnn1C. The van der Waals surface area contributed by atoms with E-state index in [9.17, 15) is 0 Å². The first kappa shape index (κ1) is 13.0. The molecule has 96 valence electrons. The minimum Gasteiger partial charge on any atom is -0.493 e. The molecule has 0 amide bonds. The van der Waals surface area contributed by atoms with E-state index in [0.717, 1.165) is 21.6 Å². The summed E-state index contributed by atoms with van der Waals surface area (Å²) in [6.45, 7) is 0. The van der Waals surface area contributed by atoms with Gasteiger partial charge in [0, 0.05) is 17.7 Å². The molecule has 0 radical (unpaired) electrons. The maximum atomic E-state index is 5.34. The monoisotopic (exact) mass is 310 g/mol. The van der Waals surface area contributed by atoms with Gasteiger partial charge in [0.05, 0.1) is 25.0 Å². The molecule has 0 aliphatic heterocycles. The molecule has 0 saturated heterocycles. The van der Waals surface area contributed by atoms with E-state index in [1.165, 1.54) is 0 Å². The van der Waals surface area contributed by atoms with E-state index in [0.29, 0.717) is 0 Å². The van der Waals surface area contributed by atoms with Gasteiger partial charge in [0.25, 0.3) is 0 Å². The van der Waals surface area contributed by atoms with Crippen LogP contribution in [-0.2, 0) is 7.05 Å². The van der Waals surface area contributed by atoms with Crippen LogP contribution >= 0.6 is 15.9 Å². The van der Waals surface area contributed by atoms with E-state index in [-0.39, 0.29) is 6.04 Å². The molecule has 5 nitrogen and oxygen atoms in total. The van der Waals surface area contributed by atoms with Gasteiger partial charge in [-0.3, -0.25) is 9.67 Å². The molecule has 0 aromatic carbocycles. The van der Waals surface area contributed by atoms with E-state index < -0.39 is 0 Å². The van der Waals surface area contributed by atoms with Crippen LogP contribution in [0.3, 0.4) is 0 Å². The maximum absolute atomic E-state index is 5.34. The Morgan fingerprint density at radius 3 is 2.89 bits per heavy atom. The lowest BCUT2D eigenvalue weighted by Crippen LogP contribution is -2.22. The Hall–Kier alpha value is -1.40. The lowest BCUT2D eigenvalue weighted by atomic mass is 10.1. The van der Waals surface area contributed by atoms with E-state index in [4.69, 9.17) is 4.74 Å². The third kappa shape index (κ3) is 2.26. The van der Waals surface area contributed by atoms with E-state index in [1.54, 1.807) is 24.2 Å². The van der Waals surface area contributed by atoms with Crippen molar-refractivity contribution in [1.29, 1.82) is 0 Å². The smallest absolute Gasteiger partial charge is 0.161 e. The predicted octanol–water partition coefficient (Wildman–Crippen LogP) is 1.90. The summed E-state index contributed by atoms with van der Waals surface area (Å²) in [5.41, 5.74) is 1.85. The van der Waals surface area contributed by atoms with Crippen molar-refractivity contribution in [2.24, 2.45) is 7.05 Å². The first-order valence-electron chi connectivity index (χ1n) is 5.52. The quantitative estimate of drug-likeness (QED) is 0.937. The Bertz CT molecular complexity index is 541. The molecule has 0 bridgehead atoms. The fourth-order valence-electron chi connectivity index (χ4n) is 1.93. The third-order valence-electron chi connectivity index (χ3n) is 2.79. The summed E-state index contributed by atoms with van der Waals surface area (Å²) >= 11 is 3.52. The number of rotatable bonds is 4. The lowest BCUT2D eigenvalue weighted by Gasteiger charge is -2.18. The van der Waals surface area contributed by atoms with Crippen molar-refractivity contribution in [3.05, 3.63) is 40.4 Å². The standard InChI is InChI=1S/C12H15BrN4O/c1-14-11(10-8(13)5-4-6-15-10)12-9(18-3)7-16-17(12)2/h4-7,11,14H,1-3H3. The molecule has 0 spiro atoms. The molecule has 18 heavy (non-hydrogen) atoms. The highest BCUT2D eigenvalue weighted by molar-refractivity contribution is 9.10. The molecular formula is C12H15BrN4O. The van der Waals surface area contributed by atoms with Gasteiger partial charge in [-0.15, -0.1) is 0 Å². The van der Waals surface area contributed by atoms with Crippen molar-refractivity contribution < 1.29 is 4.74 Å². The molecule has 2 rings (SSSR count). The van der Waals surface area contributed by atoms with Gasteiger partial charge >= 0.3 is 0 Å². The molecular weight excluding hydrogens is 296 g/mol. The van der Waals surface area contributed by atoms with Crippen LogP contribution in [0.2, 0.25) is 0 Å². The lowest BCUT2D eigenvalue weighted by molar-refractivity contribution is 0.402. The van der Waals surface area contributed by atoms with E-state index in [2.05, 4.69) is 31.3 Å². The number of nitrogens with zero attached hydrogens (tertiary/aromatic N) is 3. The normalized spacial score (nSPS) is 12.4. The average Bonchev–Trinajstić information content (AvgIpc) is 2.74. The van der Waals surface area contributed by atoms with Crippen LogP contribution in [0.25, 0.3) is 0 Å². The van der Waals surface area contributed by atoms with Crippen molar-refractivity contribution in [3.8, 4) is 5.75 Å². The third-order valence-corrected chi connectivity index (χ3v) is 3.46. The van der Waals surface area contributed by atoms with Gasteiger partial charge in [0.15, 0.2) is 5.75 Å². The minimum absolute atomic E-state index is 0.0805. The van der Waals surface area contributed by atoms with Crippen LogP contribution < -0.4 is 10.1 Å². The summed E-state index contributed by atoms with van der Waals surface area (Å²) in [7, 11) is 5.41. The summed E-state index contributed by atoms with van der Waals surface area (Å²) < 4.78 is 8.09. The molecule has 0 aliphatic rings. The highest BCUT2D eigenvalue weighted by Gasteiger charge is 2.23. The summed E-state index contributed by atoms with van der Waals surface area (Å²) in [4.78, 5) is 4.42. The van der Waals surface area contributed by atoms with Crippen LogP contribution in [0.4, 0.5) is 0 Å². The Kier molecular flexibility index (Phi) is 3.98.